The van der Waals surface area contributed by atoms with Crippen LogP contribution in [0.25, 0.3) is 0 Å². The van der Waals surface area contributed by atoms with Crippen LogP contribution in [-0.2, 0) is 20.9 Å². The molecule has 2 aliphatic carbocycles. The van der Waals surface area contributed by atoms with Gasteiger partial charge < -0.3 is 20.0 Å². The lowest BCUT2D eigenvalue weighted by Crippen LogP contribution is -2.51. The number of rotatable bonds is 7. The molecule has 1 atom stereocenters. The molecule has 0 radical (unpaired) electrons. The first-order chi connectivity index (χ1) is 16.4. The smallest absolute Gasteiger partial charge is 0.313 e. The molecule has 0 spiro atoms. The first-order valence-corrected chi connectivity index (χ1v) is 12.1. The Hall–Kier alpha value is -3.16. The van der Waals surface area contributed by atoms with Crippen LogP contribution in [0.15, 0.2) is 40.8 Å². The highest BCUT2D eigenvalue weighted by atomic mass is 19.1. The molecule has 0 aliphatic heterocycles. The summed E-state index contributed by atoms with van der Waals surface area (Å²) >= 11 is 0. The molecule has 3 amide bonds. The molecule has 1 heterocycles. The summed E-state index contributed by atoms with van der Waals surface area (Å²) in [6.45, 7) is 1.50. The molecular formula is C26H32FN3O4. The summed E-state index contributed by atoms with van der Waals surface area (Å²) in [6, 6.07) is 8.12. The SMILES string of the molecule is Cc1ccc([C@@H](C(=O)NC2CCCC2)N(Cc2ccccc2F)C(=O)C(=O)NC2CCCC2)o1. The summed E-state index contributed by atoms with van der Waals surface area (Å²) in [5.74, 6) is -1.80. The molecule has 1 aromatic carbocycles. The first-order valence-electron chi connectivity index (χ1n) is 12.1. The number of hydrogen-bond acceptors (Lipinski definition) is 4. The highest BCUT2D eigenvalue weighted by Crippen LogP contribution is 2.28. The van der Waals surface area contributed by atoms with Crippen molar-refractivity contribution < 1.29 is 23.2 Å². The molecule has 34 heavy (non-hydrogen) atoms. The van der Waals surface area contributed by atoms with Crippen LogP contribution in [0.4, 0.5) is 4.39 Å². The lowest BCUT2D eigenvalue weighted by molar-refractivity contribution is -0.151. The Morgan fingerprint density at radius 2 is 1.59 bits per heavy atom. The largest absolute Gasteiger partial charge is 0.464 e. The molecule has 2 N–H and O–H groups in total. The van der Waals surface area contributed by atoms with Crippen molar-refractivity contribution >= 4 is 17.7 Å². The molecule has 2 aromatic rings. The average Bonchev–Trinajstić information content (AvgIpc) is 3.58. The maximum Gasteiger partial charge on any atom is 0.313 e. The molecule has 2 saturated carbocycles. The van der Waals surface area contributed by atoms with Gasteiger partial charge >= 0.3 is 11.8 Å². The third-order valence-corrected chi connectivity index (χ3v) is 6.74. The summed E-state index contributed by atoms with van der Waals surface area (Å²) in [5, 5.41) is 5.81. The molecule has 0 unspecified atom stereocenters. The van der Waals surface area contributed by atoms with Gasteiger partial charge in [0.05, 0.1) is 6.54 Å². The summed E-state index contributed by atoms with van der Waals surface area (Å²) in [5.41, 5.74) is 0.214. The number of halogens is 1. The van der Waals surface area contributed by atoms with Crippen LogP contribution >= 0.6 is 0 Å². The van der Waals surface area contributed by atoms with Crippen molar-refractivity contribution in [2.75, 3.05) is 0 Å². The minimum absolute atomic E-state index is 0.00351. The number of benzene rings is 1. The van der Waals surface area contributed by atoms with Crippen molar-refractivity contribution in [3.05, 3.63) is 59.3 Å². The molecule has 1 aromatic heterocycles. The number of nitrogens with zero attached hydrogens (tertiary/aromatic N) is 1. The van der Waals surface area contributed by atoms with Gasteiger partial charge in [-0.05, 0) is 50.8 Å². The fourth-order valence-electron chi connectivity index (χ4n) is 4.91. The molecular weight excluding hydrogens is 437 g/mol. The van der Waals surface area contributed by atoms with Crippen LogP contribution in [-0.4, -0.2) is 34.7 Å². The van der Waals surface area contributed by atoms with Gasteiger partial charge in [0, 0.05) is 17.6 Å². The van der Waals surface area contributed by atoms with Gasteiger partial charge in [-0.15, -0.1) is 0 Å². The van der Waals surface area contributed by atoms with E-state index in [-0.39, 0.29) is 30.0 Å². The minimum atomic E-state index is -1.20. The van der Waals surface area contributed by atoms with Gasteiger partial charge in [0.15, 0.2) is 6.04 Å². The Labute approximate surface area is 199 Å². The second-order valence-electron chi connectivity index (χ2n) is 9.32. The zero-order chi connectivity index (χ0) is 24.1. The number of hydrogen-bond donors (Lipinski definition) is 2. The van der Waals surface area contributed by atoms with E-state index in [1.54, 1.807) is 37.3 Å². The van der Waals surface area contributed by atoms with Gasteiger partial charge in [-0.2, -0.15) is 0 Å². The predicted octanol–water partition coefficient (Wildman–Crippen LogP) is 3.91. The molecule has 8 heteroatoms. The number of carbonyl (C=O) groups is 3. The molecule has 0 saturated heterocycles. The van der Waals surface area contributed by atoms with Crippen molar-refractivity contribution in [1.29, 1.82) is 0 Å². The van der Waals surface area contributed by atoms with Crippen molar-refractivity contribution in [1.82, 2.24) is 15.5 Å². The Morgan fingerprint density at radius 3 is 2.18 bits per heavy atom. The number of amides is 3. The lowest BCUT2D eigenvalue weighted by Gasteiger charge is -2.30. The topological polar surface area (TPSA) is 91.7 Å². The molecule has 0 bridgehead atoms. The summed E-state index contributed by atoms with van der Waals surface area (Å²) < 4.78 is 20.3. The normalized spacial score (nSPS) is 17.5. The number of furan rings is 1. The molecule has 4 rings (SSSR count). The van der Waals surface area contributed by atoms with E-state index in [0.717, 1.165) is 56.3 Å². The predicted molar refractivity (Wildman–Crippen MR) is 124 cm³/mol. The fourth-order valence-corrected chi connectivity index (χ4v) is 4.91. The van der Waals surface area contributed by atoms with E-state index in [4.69, 9.17) is 4.42 Å². The highest BCUT2D eigenvalue weighted by molar-refractivity contribution is 6.35. The van der Waals surface area contributed by atoms with Gasteiger partial charge in [-0.3, -0.25) is 14.4 Å². The Balaban J connectivity index is 1.67. The first kappa shape index (κ1) is 24.0. The summed E-state index contributed by atoms with van der Waals surface area (Å²) in [6.07, 6.45) is 7.39. The van der Waals surface area contributed by atoms with Crippen molar-refractivity contribution in [2.24, 2.45) is 0 Å². The van der Waals surface area contributed by atoms with E-state index in [0.29, 0.717) is 5.76 Å². The third kappa shape index (κ3) is 5.66. The fraction of sp³-hybridized carbons (Fsp3) is 0.500. The second kappa shape index (κ2) is 10.8. The van der Waals surface area contributed by atoms with Crippen LogP contribution in [0.2, 0.25) is 0 Å². The molecule has 2 aliphatic rings. The van der Waals surface area contributed by atoms with Crippen molar-refractivity contribution in [3.8, 4) is 0 Å². The second-order valence-corrected chi connectivity index (χ2v) is 9.32. The maximum atomic E-state index is 14.6. The summed E-state index contributed by atoms with van der Waals surface area (Å²) in [7, 11) is 0. The van der Waals surface area contributed by atoms with E-state index < -0.39 is 29.6 Å². The van der Waals surface area contributed by atoms with Crippen LogP contribution in [0.3, 0.4) is 0 Å². The van der Waals surface area contributed by atoms with Gasteiger partial charge in [0.2, 0.25) is 0 Å². The zero-order valence-corrected chi connectivity index (χ0v) is 19.5. The van der Waals surface area contributed by atoms with Gasteiger partial charge in [0.25, 0.3) is 5.91 Å². The zero-order valence-electron chi connectivity index (χ0n) is 19.5. The molecule has 7 nitrogen and oxygen atoms in total. The lowest BCUT2D eigenvalue weighted by atomic mass is 10.1. The Kier molecular flexibility index (Phi) is 7.65. The Bertz CT molecular complexity index is 1020. The molecule has 182 valence electrons. The summed E-state index contributed by atoms with van der Waals surface area (Å²) in [4.78, 5) is 41.1. The van der Waals surface area contributed by atoms with Gasteiger partial charge in [-0.25, -0.2) is 4.39 Å². The van der Waals surface area contributed by atoms with Crippen LogP contribution in [0.1, 0.15) is 74.5 Å². The minimum Gasteiger partial charge on any atom is -0.464 e. The average molecular weight is 470 g/mol. The Morgan fingerprint density at radius 1 is 0.971 bits per heavy atom. The van der Waals surface area contributed by atoms with Crippen LogP contribution in [0, 0.1) is 12.7 Å². The van der Waals surface area contributed by atoms with E-state index in [9.17, 15) is 18.8 Å². The van der Waals surface area contributed by atoms with E-state index in [1.165, 1.54) is 6.07 Å². The highest BCUT2D eigenvalue weighted by Gasteiger charge is 2.38. The van der Waals surface area contributed by atoms with Gasteiger partial charge in [0.1, 0.15) is 17.3 Å². The van der Waals surface area contributed by atoms with Crippen LogP contribution in [0.5, 0.6) is 0 Å². The van der Waals surface area contributed by atoms with E-state index in [2.05, 4.69) is 10.6 Å². The standard InChI is InChI=1S/C26H32FN3O4/c1-17-14-15-22(34-17)23(24(31)28-19-9-3-4-10-19)30(16-18-8-2-7-13-21(18)27)26(33)25(32)29-20-11-5-6-12-20/h2,7-8,13-15,19-20,23H,3-6,9-12,16H2,1H3,(H,28,31)(H,29,32)/t23-/m0/s1. The van der Waals surface area contributed by atoms with Crippen LogP contribution < -0.4 is 10.6 Å². The number of carbonyl (C=O) groups excluding carboxylic acids is 3. The molecule has 2 fully saturated rings. The monoisotopic (exact) mass is 469 g/mol. The number of aryl methyl sites for hydroxylation is 1. The number of nitrogens with one attached hydrogen (secondary N) is 2. The third-order valence-electron chi connectivity index (χ3n) is 6.74. The van der Waals surface area contributed by atoms with Crippen molar-refractivity contribution in [2.45, 2.75) is 83.0 Å². The maximum absolute atomic E-state index is 14.6. The van der Waals surface area contributed by atoms with E-state index in [1.807, 2.05) is 0 Å². The quantitative estimate of drug-likeness (QED) is 0.602. The van der Waals surface area contributed by atoms with Gasteiger partial charge in [-0.1, -0.05) is 43.9 Å². The van der Waals surface area contributed by atoms with E-state index >= 15 is 0 Å². The van der Waals surface area contributed by atoms with Crippen molar-refractivity contribution in [3.63, 3.8) is 0 Å².